The van der Waals surface area contributed by atoms with Crippen LogP contribution in [0.15, 0.2) is 41.5 Å². The molecule has 3 heterocycles. The third kappa shape index (κ3) is 6.38. The van der Waals surface area contributed by atoms with Crippen molar-refractivity contribution < 1.29 is 33.0 Å². The van der Waals surface area contributed by atoms with Gasteiger partial charge in [0.2, 0.25) is 5.95 Å². The molecule has 1 saturated heterocycles. The van der Waals surface area contributed by atoms with Crippen molar-refractivity contribution in [3.63, 3.8) is 0 Å². The Labute approximate surface area is 232 Å². The fraction of sp³-hybridized carbons (Fsp3) is 0.455. The van der Waals surface area contributed by atoms with E-state index < -0.39 is 60.8 Å². The van der Waals surface area contributed by atoms with Gasteiger partial charge < -0.3 is 24.8 Å². The van der Waals surface area contributed by atoms with Crippen LogP contribution < -0.4 is 20.9 Å². The largest absolute Gasteiger partial charge is 0.462 e. The Morgan fingerprint density at radius 2 is 2.03 bits per heavy atom. The summed E-state index contributed by atoms with van der Waals surface area (Å²) in [6.45, 7) is 4.23. The number of aromatic nitrogens is 4. The number of halogens is 2. The van der Waals surface area contributed by atoms with Crippen LogP contribution in [0.2, 0.25) is 0 Å². The predicted octanol–water partition coefficient (Wildman–Crippen LogP) is 2.27. The maximum absolute atomic E-state index is 13.7. The van der Waals surface area contributed by atoms with Crippen molar-refractivity contribution in [2.24, 2.45) is 0 Å². The zero-order valence-electron chi connectivity index (χ0n) is 21.0. The highest BCUT2D eigenvalue weighted by Gasteiger charge is 2.56. The molecule has 0 saturated carbocycles. The summed E-state index contributed by atoms with van der Waals surface area (Å²) in [6, 6.07) is 7.03. The van der Waals surface area contributed by atoms with Gasteiger partial charge in [-0.25, -0.2) is 9.55 Å². The number of benzene rings is 1. The zero-order valence-corrected chi connectivity index (χ0v) is 23.4. The summed E-state index contributed by atoms with van der Waals surface area (Å²) in [4.78, 5) is 34.9. The Balaban J connectivity index is 1.56. The molecule has 5 N–H and O–H groups in total. The molecule has 212 valence electrons. The summed E-state index contributed by atoms with van der Waals surface area (Å²) < 4.78 is 35.2. The Hall–Kier alpha value is -2.71. The average Bonchev–Trinajstić information content (AvgIpc) is 3.36. The molecule has 0 radical (unpaired) electrons. The van der Waals surface area contributed by atoms with E-state index in [0.29, 0.717) is 0 Å². The van der Waals surface area contributed by atoms with Crippen LogP contribution in [0.4, 0.5) is 5.95 Å². The number of H-pyrrole nitrogens is 1. The Bertz CT molecular complexity index is 1430. The highest BCUT2D eigenvalue weighted by Crippen LogP contribution is 2.50. The number of esters is 1. The molecule has 0 aliphatic carbocycles. The topological polar surface area (TPSA) is 193 Å². The van der Waals surface area contributed by atoms with Crippen LogP contribution in [0.3, 0.4) is 0 Å². The molecule has 39 heavy (non-hydrogen) atoms. The molecular formula is C22H27Cl2N6O8P. The molecule has 2 aromatic heterocycles. The molecular weight excluding hydrogens is 578 g/mol. The maximum atomic E-state index is 13.7. The summed E-state index contributed by atoms with van der Waals surface area (Å²) in [5.74, 6) is -0.680. The van der Waals surface area contributed by atoms with E-state index in [2.05, 4.69) is 20.0 Å². The minimum Gasteiger partial charge on any atom is -0.462 e. The van der Waals surface area contributed by atoms with E-state index in [9.17, 15) is 19.3 Å². The number of nitrogens with zero attached hydrogens (tertiary/aromatic N) is 3. The second kappa shape index (κ2) is 11.4. The van der Waals surface area contributed by atoms with Gasteiger partial charge in [-0.3, -0.25) is 23.7 Å². The van der Waals surface area contributed by atoms with Crippen molar-refractivity contribution in [2.45, 2.75) is 55.7 Å². The Morgan fingerprint density at radius 3 is 2.69 bits per heavy atom. The molecule has 1 aliphatic heterocycles. The maximum Gasteiger partial charge on any atom is 0.459 e. The SMILES string of the molecule is CC(C)OC(=O)[C@H](C)NP(=O)(OC[C@H]1O[C@@H](n2cnc3c(=O)[nH]c(N)nc32)C(Cl)(Cl)[C@@H]1O)Oc1ccccc1. The molecule has 14 nitrogen and oxygen atoms in total. The number of aliphatic hydroxyl groups is 1. The molecule has 1 aliphatic rings. The van der Waals surface area contributed by atoms with Gasteiger partial charge in [0.05, 0.1) is 19.0 Å². The first-order valence-electron chi connectivity index (χ1n) is 11.7. The summed E-state index contributed by atoms with van der Waals surface area (Å²) in [7, 11) is -4.27. The van der Waals surface area contributed by atoms with Gasteiger partial charge in [0.15, 0.2) is 21.7 Å². The van der Waals surface area contributed by atoms with Crippen LogP contribution in [0.5, 0.6) is 5.75 Å². The number of para-hydroxylation sites is 1. The lowest BCUT2D eigenvalue weighted by Gasteiger charge is -2.25. The number of carbonyl (C=O) groups excluding carboxylic acids is 1. The molecule has 1 fully saturated rings. The number of nitrogen functional groups attached to an aromatic ring is 1. The lowest BCUT2D eigenvalue weighted by Crippen LogP contribution is -2.39. The number of fused-ring (bicyclic) bond motifs is 1. The molecule has 1 aromatic carbocycles. The van der Waals surface area contributed by atoms with Crippen molar-refractivity contribution in [3.05, 3.63) is 47.0 Å². The summed E-state index contributed by atoms with van der Waals surface area (Å²) in [5.41, 5.74) is 5.01. The number of alkyl halides is 2. The molecule has 3 aromatic rings. The molecule has 5 atom stereocenters. The van der Waals surface area contributed by atoms with Gasteiger partial charge in [0, 0.05) is 0 Å². The van der Waals surface area contributed by atoms with E-state index in [1.54, 1.807) is 44.2 Å². The molecule has 0 amide bonds. The van der Waals surface area contributed by atoms with Gasteiger partial charge in [-0.15, -0.1) is 0 Å². The highest BCUT2D eigenvalue weighted by molar-refractivity contribution is 7.52. The first-order valence-corrected chi connectivity index (χ1v) is 14.0. The number of aliphatic hydroxyl groups excluding tert-OH is 1. The monoisotopic (exact) mass is 604 g/mol. The first kappa shape index (κ1) is 29.3. The third-order valence-corrected chi connectivity index (χ3v) is 7.98. The summed E-state index contributed by atoms with van der Waals surface area (Å²) in [6.07, 6.45) is -3.31. The fourth-order valence-electron chi connectivity index (χ4n) is 3.73. The molecule has 1 unspecified atom stereocenters. The van der Waals surface area contributed by atoms with Crippen molar-refractivity contribution >= 4 is 54.0 Å². The highest BCUT2D eigenvalue weighted by atomic mass is 35.5. The van der Waals surface area contributed by atoms with Gasteiger partial charge in [-0.1, -0.05) is 41.4 Å². The van der Waals surface area contributed by atoms with Gasteiger partial charge in [-0.05, 0) is 32.9 Å². The number of anilines is 1. The number of hydrogen-bond acceptors (Lipinski definition) is 11. The van der Waals surface area contributed by atoms with Crippen LogP contribution >= 0.6 is 30.9 Å². The van der Waals surface area contributed by atoms with Crippen LogP contribution in [0, 0.1) is 0 Å². The van der Waals surface area contributed by atoms with Gasteiger partial charge in [0.25, 0.3) is 5.56 Å². The standard InChI is InChI=1S/C22H27Cl2N6O8P/c1-11(2)36-19(33)12(3)29-39(34,38-13-7-5-4-6-8-13)35-9-14-16(31)22(23,24)20(37-14)30-10-26-15-17(30)27-21(25)28-18(15)32/h4-8,10-12,14,16,20,31H,9H2,1-3H3,(H,29,34)(H3,25,27,28,32)/t12-,14+,16+,20+,39?/m0/s1. The smallest absolute Gasteiger partial charge is 0.459 e. The number of hydrogen-bond donors (Lipinski definition) is 4. The molecule has 0 bridgehead atoms. The predicted molar refractivity (Wildman–Crippen MR) is 141 cm³/mol. The number of nitrogens with one attached hydrogen (secondary N) is 2. The number of aromatic amines is 1. The zero-order chi connectivity index (χ0) is 28.5. The van der Waals surface area contributed by atoms with Crippen LogP contribution in [0.1, 0.15) is 27.0 Å². The average molecular weight is 605 g/mol. The minimum absolute atomic E-state index is 0.0120. The normalized spacial score (nSPS) is 23.0. The van der Waals surface area contributed by atoms with Crippen molar-refractivity contribution in [1.82, 2.24) is 24.6 Å². The number of rotatable bonds is 10. The number of carbonyl (C=O) groups is 1. The minimum atomic E-state index is -4.27. The lowest BCUT2D eigenvalue weighted by atomic mass is 10.2. The second-order valence-electron chi connectivity index (χ2n) is 8.96. The van der Waals surface area contributed by atoms with Gasteiger partial charge in [-0.2, -0.15) is 10.1 Å². The Kier molecular flexibility index (Phi) is 8.57. The van der Waals surface area contributed by atoms with Crippen LogP contribution in [-0.2, 0) is 23.4 Å². The number of ether oxygens (including phenoxy) is 2. The number of nitrogens with two attached hydrogens (primary N) is 1. The molecule has 0 spiro atoms. The summed E-state index contributed by atoms with van der Waals surface area (Å²) >= 11 is 12.9. The van der Waals surface area contributed by atoms with Gasteiger partial charge in [0.1, 0.15) is 24.0 Å². The van der Waals surface area contributed by atoms with Crippen molar-refractivity contribution in [3.8, 4) is 5.75 Å². The first-order chi connectivity index (χ1) is 18.3. The molecule has 17 heteroatoms. The van der Waals surface area contributed by atoms with Crippen LogP contribution in [0.25, 0.3) is 11.2 Å². The quantitative estimate of drug-likeness (QED) is 0.150. The molecule has 4 rings (SSSR count). The van der Waals surface area contributed by atoms with E-state index in [1.165, 1.54) is 17.8 Å². The fourth-order valence-corrected chi connectivity index (χ4v) is 5.82. The third-order valence-electron chi connectivity index (χ3n) is 5.52. The van der Waals surface area contributed by atoms with E-state index in [4.69, 9.17) is 47.5 Å². The lowest BCUT2D eigenvalue weighted by molar-refractivity contribution is -0.149. The van der Waals surface area contributed by atoms with E-state index in [-0.39, 0.29) is 22.9 Å². The number of imidazole rings is 1. The second-order valence-corrected chi connectivity index (χ2v) is 12.1. The van der Waals surface area contributed by atoms with Crippen LogP contribution in [-0.4, -0.2) is 65.9 Å². The van der Waals surface area contributed by atoms with Crippen molar-refractivity contribution in [2.75, 3.05) is 12.3 Å². The summed E-state index contributed by atoms with van der Waals surface area (Å²) in [5, 5.41) is 13.4. The Morgan fingerprint density at radius 1 is 1.33 bits per heavy atom. The van der Waals surface area contributed by atoms with E-state index >= 15 is 0 Å². The van der Waals surface area contributed by atoms with Gasteiger partial charge >= 0.3 is 13.7 Å². The van der Waals surface area contributed by atoms with E-state index in [0.717, 1.165) is 0 Å². The van der Waals surface area contributed by atoms with E-state index in [1.807, 2.05) is 0 Å². The van der Waals surface area contributed by atoms with Crippen molar-refractivity contribution in [1.29, 1.82) is 0 Å².